The predicted molar refractivity (Wildman–Crippen MR) is 43.5 cm³/mol. The summed E-state index contributed by atoms with van der Waals surface area (Å²) in [5, 5.41) is 0. The van der Waals surface area contributed by atoms with Gasteiger partial charge in [-0.3, -0.25) is 9.59 Å². The number of likely N-dealkylation sites (tertiary alicyclic amines) is 1. The lowest BCUT2D eigenvalue weighted by Gasteiger charge is -2.07. The van der Waals surface area contributed by atoms with Gasteiger partial charge < -0.3 is 4.90 Å². The number of amides is 1. The predicted octanol–water partition coefficient (Wildman–Crippen LogP) is 0.444. The van der Waals surface area contributed by atoms with Crippen LogP contribution in [0.15, 0.2) is 0 Å². The fraction of sp³-hybridized carbons (Fsp3) is 0.778. The van der Waals surface area contributed by atoms with E-state index in [1.165, 1.54) is 0 Å². The maximum atomic E-state index is 11.5. The van der Waals surface area contributed by atoms with Crippen LogP contribution >= 0.6 is 0 Å². The van der Waals surface area contributed by atoms with Crippen LogP contribution in [0.4, 0.5) is 0 Å². The van der Waals surface area contributed by atoms with Crippen molar-refractivity contribution in [1.29, 1.82) is 0 Å². The summed E-state index contributed by atoms with van der Waals surface area (Å²) >= 11 is 0. The number of ketones is 1. The van der Waals surface area contributed by atoms with Gasteiger partial charge in [-0.05, 0) is 12.8 Å². The van der Waals surface area contributed by atoms with E-state index >= 15 is 0 Å². The van der Waals surface area contributed by atoms with Crippen LogP contribution in [0.3, 0.4) is 0 Å². The molecule has 0 spiro atoms. The van der Waals surface area contributed by atoms with Gasteiger partial charge in [0.1, 0.15) is 5.78 Å². The molecule has 1 aliphatic carbocycles. The third kappa shape index (κ3) is 1.24. The third-order valence-corrected chi connectivity index (χ3v) is 2.72. The van der Waals surface area contributed by atoms with E-state index in [0.29, 0.717) is 24.7 Å². The van der Waals surface area contributed by atoms with E-state index in [1.807, 2.05) is 0 Å². The molecule has 1 saturated carbocycles. The van der Waals surface area contributed by atoms with E-state index in [-0.39, 0.29) is 11.8 Å². The Kier molecular flexibility index (Phi) is 1.67. The fourth-order valence-electron chi connectivity index (χ4n) is 1.76. The third-order valence-electron chi connectivity index (χ3n) is 2.72. The molecule has 1 saturated heterocycles. The lowest BCUT2D eigenvalue weighted by atomic mass is 10.00. The molecule has 12 heavy (non-hydrogen) atoms. The van der Waals surface area contributed by atoms with Crippen molar-refractivity contribution in [2.75, 3.05) is 13.6 Å². The molecule has 2 fully saturated rings. The molecule has 0 bridgehead atoms. The molecule has 3 heteroatoms. The molecule has 1 aliphatic heterocycles. The zero-order valence-electron chi connectivity index (χ0n) is 7.25. The molecule has 2 rings (SSSR count). The summed E-state index contributed by atoms with van der Waals surface area (Å²) in [7, 11) is 1.77. The Morgan fingerprint density at radius 1 is 1.42 bits per heavy atom. The molecule has 0 radical (unpaired) electrons. The first kappa shape index (κ1) is 7.77. The van der Waals surface area contributed by atoms with Crippen LogP contribution in [0.2, 0.25) is 0 Å². The topological polar surface area (TPSA) is 37.4 Å². The SMILES string of the molecule is CN1CC(C(=O)C2CC2)CC1=O. The van der Waals surface area contributed by atoms with Gasteiger partial charge in [-0.1, -0.05) is 0 Å². The molecule has 1 heterocycles. The number of rotatable bonds is 2. The monoisotopic (exact) mass is 167 g/mol. The van der Waals surface area contributed by atoms with Crippen molar-refractivity contribution < 1.29 is 9.59 Å². The first-order valence-corrected chi connectivity index (χ1v) is 4.46. The summed E-state index contributed by atoms with van der Waals surface area (Å²) < 4.78 is 0. The van der Waals surface area contributed by atoms with Crippen molar-refractivity contribution in [1.82, 2.24) is 4.90 Å². The first-order valence-electron chi connectivity index (χ1n) is 4.46. The second kappa shape index (κ2) is 2.57. The van der Waals surface area contributed by atoms with Crippen LogP contribution < -0.4 is 0 Å². The minimum atomic E-state index is 0.00926. The largest absolute Gasteiger partial charge is 0.345 e. The number of hydrogen-bond acceptors (Lipinski definition) is 2. The molecule has 0 N–H and O–H groups in total. The molecule has 1 atom stereocenters. The molecule has 66 valence electrons. The van der Waals surface area contributed by atoms with Crippen molar-refractivity contribution in [3.05, 3.63) is 0 Å². The summed E-state index contributed by atoms with van der Waals surface area (Å²) in [4.78, 5) is 24.3. The highest BCUT2D eigenvalue weighted by molar-refractivity contribution is 5.92. The van der Waals surface area contributed by atoms with Gasteiger partial charge >= 0.3 is 0 Å². The molecule has 0 aromatic rings. The van der Waals surface area contributed by atoms with Gasteiger partial charge in [0, 0.05) is 31.8 Å². The minimum Gasteiger partial charge on any atom is -0.345 e. The zero-order valence-corrected chi connectivity index (χ0v) is 7.25. The average Bonchev–Trinajstić information content (AvgIpc) is 2.80. The van der Waals surface area contributed by atoms with Gasteiger partial charge in [0.25, 0.3) is 0 Å². The van der Waals surface area contributed by atoms with Gasteiger partial charge in [0.05, 0.1) is 0 Å². The van der Waals surface area contributed by atoms with E-state index in [9.17, 15) is 9.59 Å². The fourth-order valence-corrected chi connectivity index (χ4v) is 1.76. The average molecular weight is 167 g/mol. The van der Waals surface area contributed by atoms with Crippen molar-refractivity contribution >= 4 is 11.7 Å². The lowest BCUT2D eigenvalue weighted by Crippen LogP contribution is -2.22. The summed E-state index contributed by atoms with van der Waals surface area (Å²) in [6.07, 6.45) is 2.55. The first-order chi connectivity index (χ1) is 5.68. The van der Waals surface area contributed by atoms with E-state index in [4.69, 9.17) is 0 Å². The summed E-state index contributed by atoms with van der Waals surface area (Å²) in [5.41, 5.74) is 0. The number of carbonyl (C=O) groups excluding carboxylic acids is 2. The van der Waals surface area contributed by atoms with Crippen molar-refractivity contribution in [3.63, 3.8) is 0 Å². The Bertz CT molecular complexity index is 233. The van der Waals surface area contributed by atoms with Crippen LogP contribution in [-0.4, -0.2) is 30.2 Å². The quantitative estimate of drug-likeness (QED) is 0.598. The Morgan fingerprint density at radius 2 is 2.08 bits per heavy atom. The maximum Gasteiger partial charge on any atom is 0.223 e. The molecule has 0 aromatic carbocycles. The zero-order chi connectivity index (χ0) is 8.72. The Labute approximate surface area is 71.7 Å². The minimum absolute atomic E-state index is 0.00926. The Morgan fingerprint density at radius 3 is 2.50 bits per heavy atom. The molecule has 1 amide bonds. The van der Waals surface area contributed by atoms with E-state index in [1.54, 1.807) is 11.9 Å². The standard InChI is InChI=1S/C9H13NO2/c1-10-5-7(4-8(10)11)9(12)6-2-3-6/h6-7H,2-5H2,1H3. The summed E-state index contributed by atoms with van der Waals surface area (Å²) in [5.74, 6) is 0.756. The van der Waals surface area contributed by atoms with E-state index in [0.717, 1.165) is 12.8 Å². The van der Waals surface area contributed by atoms with Gasteiger partial charge in [-0.15, -0.1) is 0 Å². The van der Waals surface area contributed by atoms with Crippen LogP contribution in [0.1, 0.15) is 19.3 Å². The molecular formula is C9H13NO2. The highest BCUT2D eigenvalue weighted by Gasteiger charge is 2.39. The van der Waals surface area contributed by atoms with Crippen LogP contribution in [0.25, 0.3) is 0 Å². The van der Waals surface area contributed by atoms with Crippen LogP contribution in [0.5, 0.6) is 0 Å². The summed E-state index contributed by atoms with van der Waals surface area (Å²) in [6.45, 7) is 0.647. The van der Waals surface area contributed by atoms with Crippen molar-refractivity contribution in [2.24, 2.45) is 11.8 Å². The molecule has 2 aliphatic rings. The lowest BCUT2D eigenvalue weighted by molar-refractivity contribution is -0.128. The maximum absolute atomic E-state index is 11.5. The van der Waals surface area contributed by atoms with Crippen molar-refractivity contribution in [3.8, 4) is 0 Å². The number of nitrogens with zero attached hydrogens (tertiary/aromatic N) is 1. The smallest absolute Gasteiger partial charge is 0.223 e. The summed E-state index contributed by atoms with van der Waals surface area (Å²) in [6, 6.07) is 0. The second-order valence-electron chi connectivity index (χ2n) is 3.85. The van der Waals surface area contributed by atoms with Gasteiger partial charge in [-0.25, -0.2) is 0 Å². The van der Waals surface area contributed by atoms with Crippen LogP contribution in [-0.2, 0) is 9.59 Å². The second-order valence-corrected chi connectivity index (χ2v) is 3.85. The number of hydrogen-bond donors (Lipinski definition) is 0. The van der Waals surface area contributed by atoms with E-state index < -0.39 is 0 Å². The van der Waals surface area contributed by atoms with Gasteiger partial charge in [0.15, 0.2) is 0 Å². The number of carbonyl (C=O) groups is 2. The van der Waals surface area contributed by atoms with Crippen LogP contribution in [0, 0.1) is 11.8 Å². The Balaban J connectivity index is 1.97. The van der Waals surface area contributed by atoms with Gasteiger partial charge in [0.2, 0.25) is 5.91 Å². The molecular weight excluding hydrogens is 154 g/mol. The number of Topliss-reactive ketones (excluding diaryl/α,β-unsaturated/α-hetero) is 1. The molecule has 0 aromatic heterocycles. The molecule has 1 unspecified atom stereocenters. The highest BCUT2D eigenvalue weighted by atomic mass is 16.2. The normalized spacial score (nSPS) is 29.6. The van der Waals surface area contributed by atoms with Gasteiger partial charge in [-0.2, -0.15) is 0 Å². The Hall–Kier alpha value is -0.860. The molecule has 3 nitrogen and oxygen atoms in total. The highest BCUT2D eigenvalue weighted by Crippen LogP contribution is 2.34. The van der Waals surface area contributed by atoms with Crippen molar-refractivity contribution in [2.45, 2.75) is 19.3 Å². The van der Waals surface area contributed by atoms with E-state index in [2.05, 4.69) is 0 Å².